The summed E-state index contributed by atoms with van der Waals surface area (Å²) in [6.07, 6.45) is 2.58. The highest BCUT2D eigenvalue weighted by Gasteiger charge is 2.26. The molecule has 1 aliphatic rings. The predicted octanol–water partition coefficient (Wildman–Crippen LogP) is 3.63. The summed E-state index contributed by atoms with van der Waals surface area (Å²) in [6, 6.07) is 13.9. The fourth-order valence-corrected chi connectivity index (χ4v) is 4.25. The Kier molecular flexibility index (Phi) is 7.80. The quantitative estimate of drug-likeness (QED) is 0.517. The Balaban J connectivity index is 1.26. The first-order valence-electron chi connectivity index (χ1n) is 11.7. The molecule has 1 saturated heterocycles. The molecule has 4 rings (SSSR count). The second-order valence-electron chi connectivity index (χ2n) is 8.68. The smallest absolute Gasteiger partial charge is 0.241 e. The van der Waals surface area contributed by atoms with Gasteiger partial charge in [-0.05, 0) is 50.4 Å². The van der Waals surface area contributed by atoms with Crippen LogP contribution in [0.15, 0.2) is 47.0 Å². The van der Waals surface area contributed by atoms with Gasteiger partial charge in [-0.15, -0.1) is 0 Å². The molecule has 8 nitrogen and oxygen atoms in total. The largest absolute Gasteiger partial charge is 0.493 e. The van der Waals surface area contributed by atoms with Crippen LogP contribution in [0.4, 0.5) is 0 Å². The van der Waals surface area contributed by atoms with E-state index in [2.05, 4.69) is 20.4 Å². The second-order valence-corrected chi connectivity index (χ2v) is 8.68. The van der Waals surface area contributed by atoms with Crippen LogP contribution in [0, 0.1) is 12.8 Å². The van der Waals surface area contributed by atoms with E-state index in [1.54, 1.807) is 14.2 Å². The molecule has 34 heavy (non-hydrogen) atoms. The van der Waals surface area contributed by atoms with Crippen molar-refractivity contribution in [3.8, 4) is 22.9 Å². The number of nitrogens with zero attached hydrogens (tertiary/aromatic N) is 3. The van der Waals surface area contributed by atoms with Crippen molar-refractivity contribution in [1.29, 1.82) is 0 Å². The molecule has 8 heteroatoms. The molecule has 0 saturated carbocycles. The van der Waals surface area contributed by atoms with Gasteiger partial charge in [-0.1, -0.05) is 41.1 Å². The highest BCUT2D eigenvalue weighted by atomic mass is 16.5. The number of piperidine rings is 1. The van der Waals surface area contributed by atoms with E-state index in [0.717, 1.165) is 36.9 Å². The van der Waals surface area contributed by atoms with E-state index in [4.69, 9.17) is 14.0 Å². The maximum Gasteiger partial charge on any atom is 0.241 e. The lowest BCUT2D eigenvalue weighted by molar-refractivity contribution is -0.126. The van der Waals surface area contributed by atoms with Crippen LogP contribution in [-0.2, 0) is 17.8 Å². The average Bonchev–Trinajstić information content (AvgIpc) is 3.32. The molecule has 0 spiro atoms. The van der Waals surface area contributed by atoms with Crippen molar-refractivity contribution < 1.29 is 18.8 Å². The van der Waals surface area contributed by atoms with Crippen molar-refractivity contribution in [2.75, 3.05) is 33.9 Å². The fraction of sp³-hybridized carbons (Fsp3) is 0.423. The third kappa shape index (κ3) is 5.94. The number of likely N-dealkylation sites (tertiary alicyclic amines) is 1. The van der Waals surface area contributed by atoms with Gasteiger partial charge in [0.15, 0.2) is 11.5 Å². The molecule has 3 aromatic rings. The number of carbonyl (C=O) groups excluding carboxylic acids is 1. The molecule has 2 aromatic carbocycles. The monoisotopic (exact) mass is 464 g/mol. The van der Waals surface area contributed by atoms with E-state index >= 15 is 0 Å². The molecule has 0 bridgehead atoms. The van der Waals surface area contributed by atoms with Gasteiger partial charge in [-0.3, -0.25) is 9.69 Å². The highest BCUT2D eigenvalue weighted by Crippen LogP contribution is 2.27. The average molecular weight is 465 g/mol. The molecule has 0 radical (unpaired) electrons. The number of hydrogen-bond acceptors (Lipinski definition) is 7. The molecule has 1 aliphatic heterocycles. The van der Waals surface area contributed by atoms with Gasteiger partial charge in [-0.2, -0.15) is 4.98 Å². The van der Waals surface area contributed by atoms with Crippen LogP contribution >= 0.6 is 0 Å². The predicted molar refractivity (Wildman–Crippen MR) is 129 cm³/mol. The maximum absolute atomic E-state index is 12.8. The van der Waals surface area contributed by atoms with E-state index < -0.39 is 0 Å². The van der Waals surface area contributed by atoms with Crippen LogP contribution < -0.4 is 14.8 Å². The van der Waals surface area contributed by atoms with Crippen molar-refractivity contribution in [2.24, 2.45) is 5.92 Å². The number of carbonyl (C=O) groups is 1. The lowest BCUT2D eigenvalue weighted by atomic mass is 9.97. The molecule has 2 heterocycles. The van der Waals surface area contributed by atoms with Crippen LogP contribution in [0.1, 0.15) is 29.9 Å². The van der Waals surface area contributed by atoms with E-state index in [1.807, 2.05) is 49.4 Å². The minimum absolute atomic E-state index is 0.0429. The van der Waals surface area contributed by atoms with Gasteiger partial charge < -0.3 is 19.3 Å². The molecule has 1 fully saturated rings. The maximum atomic E-state index is 12.8. The fourth-order valence-electron chi connectivity index (χ4n) is 4.25. The second kappa shape index (κ2) is 11.2. The Morgan fingerprint density at radius 1 is 1.15 bits per heavy atom. The van der Waals surface area contributed by atoms with Gasteiger partial charge in [0.1, 0.15) is 0 Å². The topological polar surface area (TPSA) is 89.7 Å². The van der Waals surface area contributed by atoms with Gasteiger partial charge >= 0.3 is 0 Å². The number of aromatic nitrogens is 2. The van der Waals surface area contributed by atoms with Crippen LogP contribution in [0.3, 0.4) is 0 Å². The summed E-state index contributed by atoms with van der Waals surface area (Å²) < 4.78 is 16.1. The minimum atomic E-state index is -0.0429. The third-order valence-electron chi connectivity index (χ3n) is 6.17. The van der Waals surface area contributed by atoms with Crippen molar-refractivity contribution >= 4 is 5.91 Å². The van der Waals surface area contributed by atoms with Gasteiger partial charge in [0, 0.05) is 18.7 Å². The highest BCUT2D eigenvalue weighted by molar-refractivity contribution is 5.79. The van der Waals surface area contributed by atoms with Gasteiger partial charge in [0.2, 0.25) is 17.6 Å². The Morgan fingerprint density at radius 2 is 1.94 bits per heavy atom. The molecule has 1 amide bonds. The molecular weight excluding hydrogens is 432 g/mol. The summed E-state index contributed by atoms with van der Waals surface area (Å²) in [5.74, 6) is 2.61. The number of hydrogen-bond donors (Lipinski definition) is 1. The number of amides is 1. The number of nitrogens with one attached hydrogen (secondary N) is 1. The third-order valence-corrected chi connectivity index (χ3v) is 6.17. The van der Waals surface area contributed by atoms with Gasteiger partial charge in [0.05, 0.1) is 26.7 Å². The number of aryl methyl sites for hydroxylation is 1. The molecule has 1 atom stereocenters. The zero-order valence-corrected chi connectivity index (χ0v) is 20.0. The van der Waals surface area contributed by atoms with Crippen LogP contribution in [0.25, 0.3) is 11.4 Å². The Hall–Kier alpha value is -3.39. The first-order chi connectivity index (χ1) is 16.6. The Bertz CT molecular complexity index is 1100. The number of ether oxygens (including phenoxy) is 2. The van der Waals surface area contributed by atoms with E-state index in [-0.39, 0.29) is 11.8 Å². The first kappa shape index (κ1) is 23.8. The molecule has 1 aromatic heterocycles. The molecule has 1 N–H and O–H groups in total. The SMILES string of the molecule is COc1ccc(CCNC(=O)C2CCCN(Cc3nc(-c4ccc(C)cc4)no3)C2)cc1OC. The van der Waals surface area contributed by atoms with E-state index in [0.29, 0.717) is 42.8 Å². The first-order valence-corrected chi connectivity index (χ1v) is 11.7. The van der Waals surface area contributed by atoms with Crippen LogP contribution in [0.5, 0.6) is 11.5 Å². The normalized spacial score (nSPS) is 16.3. The van der Waals surface area contributed by atoms with Crippen LogP contribution in [0.2, 0.25) is 0 Å². The molecule has 1 unspecified atom stereocenters. The summed E-state index contributed by atoms with van der Waals surface area (Å²) in [5.41, 5.74) is 3.21. The zero-order chi connectivity index (χ0) is 23.9. The summed E-state index contributed by atoms with van der Waals surface area (Å²) >= 11 is 0. The molecule has 0 aliphatic carbocycles. The minimum Gasteiger partial charge on any atom is -0.493 e. The van der Waals surface area contributed by atoms with E-state index in [9.17, 15) is 4.79 Å². The van der Waals surface area contributed by atoms with Gasteiger partial charge in [-0.25, -0.2) is 0 Å². The number of rotatable bonds is 9. The summed E-state index contributed by atoms with van der Waals surface area (Å²) in [4.78, 5) is 19.6. The zero-order valence-electron chi connectivity index (χ0n) is 20.0. The molecular formula is C26H32N4O4. The summed E-state index contributed by atoms with van der Waals surface area (Å²) in [5, 5.41) is 7.21. The van der Waals surface area contributed by atoms with Crippen molar-refractivity contribution in [3.63, 3.8) is 0 Å². The summed E-state index contributed by atoms with van der Waals surface area (Å²) in [7, 11) is 3.24. The van der Waals surface area contributed by atoms with Crippen molar-refractivity contribution in [2.45, 2.75) is 32.7 Å². The van der Waals surface area contributed by atoms with Gasteiger partial charge in [0.25, 0.3) is 0 Å². The molecule has 180 valence electrons. The van der Waals surface area contributed by atoms with Crippen molar-refractivity contribution in [1.82, 2.24) is 20.4 Å². The van der Waals surface area contributed by atoms with E-state index in [1.165, 1.54) is 5.56 Å². The standard InChI is InChI=1S/C26H32N4O4/c1-18-6-9-20(10-7-18)25-28-24(34-29-25)17-30-14-4-5-21(16-30)26(31)27-13-12-19-8-11-22(32-2)23(15-19)33-3/h6-11,15,21H,4-5,12-14,16-17H2,1-3H3,(H,27,31). The number of benzene rings is 2. The lowest BCUT2D eigenvalue weighted by Crippen LogP contribution is -2.43. The van der Waals surface area contributed by atoms with Crippen LogP contribution in [-0.4, -0.2) is 54.8 Å². The summed E-state index contributed by atoms with van der Waals surface area (Å²) in [6.45, 7) is 4.77. The Labute approximate surface area is 200 Å². The number of methoxy groups -OCH3 is 2. The Morgan fingerprint density at radius 3 is 2.71 bits per heavy atom. The van der Waals surface area contributed by atoms with Crippen molar-refractivity contribution in [3.05, 3.63) is 59.5 Å². The lowest BCUT2D eigenvalue weighted by Gasteiger charge is -2.30.